The molecule has 2 heterocycles. The standard InChI is InChI=1S/C14H16N4O/c19-13-15-12(16-17-13)8-18-9-14(6-3-7-14)10-4-1-2-5-11(10)18/h1-2,4-5H,3,6-9H2,(H2,15,16,17,19). The molecule has 0 amide bonds. The molecule has 1 aliphatic carbocycles. The Labute approximate surface area is 110 Å². The van der Waals surface area contributed by atoms with Crippen LogP contribution in [0.5, 0.6) is 0 Å². The largest absolute Gasteiger partial charge is 0.363 e. The van der Waals surface area contributed by atoms with Crippen LogP contribution in [0.3, 0.4) is 0 Å². The molecule has 2 aromatic rings. The molecule has 1 aromatic carbocycles. The number of para-hydroxylation sites is 1. The number of rotatable bonds is 2. The summed E-state index contributed by atoms with van der Waals surface area (Å²) in [6.45, 7) is 1.71. The van der Waals surface area contributed by atoms with E-state index in [1.807, 2.05) is 0 Å². The van der Waals surface area contributed by atoms with Gasteiger partial charge in [0.15, 0.2) is 0 Å². The summed E-state index contributed by atoms with van der Waals surface area (Å²) in [6, 6.07) is 8.63. The van der Waals surface area contributed by atoms with Gasteiger partial charge in [0.25, 0.3) is 0 Å². The molecule has 0 unspecified atom stereocenters. The topological polar surface area (TPSA) is 64.8 Å². The van der Waals surface area contributed by atoms with Crippen LogP contribution < -0.4 is 10.6 Å². The maximum atomic E-state index is 11.1. The average molecular weight is 256 g/mol. The van der Waals surface area contributed by atoms with E-state index in [-0.39, 0.29) is 5.69 Å². The van der Waals surface area contributed by atoms with E-state index >= 15 is 0 Å². The van der Waals surface area contributed by atoms with Crippen molar-refractivity contribution < 1.29 is 0 Å². The molecule has 2 aliphatic rings. The first-order chi connectivity index (χ1) is 9.27. The quantitative estimate of drug-likeness (QED) is 0.856. The van der Waals surface area contributed by atoms with Crippen LogP contribution in [0.15, 0.2) is 29.1 Å². The lowest BCUT2D eigenvalue weighted by atomic mass is 9.66. The number of hydrogen-bond acceptors (Lipinski definition) is 3. The number of fused-ring (bicyclic) bond motifs is 2. The highest BCUT2D eigenvalue weighted by molar-refractivity contribution is 5.63. The predicted molar refractivity (Wildman–Crippen MR) is 72.2 cm³/mol. The molecule has 5 heteroatoms. The summed E-state index contributed by atoms with van der Waals surface area (Å²) in [7, 11) is 0. The zero-order valence-corrected chi connectivity index (χ0v) is 10.6. The van der Waals surface area contributed by atoms with Crippen molar-refractivity contribution >= 4 is 5.69 Å². The Morgan fingerprint density at radius 1 is 1.32 bits per heavy atom. The van der Waals surface area contributed by atoms with Gasteiger partial charge >= 0.3 is 5.69 Å². The van der Waals surface area contributed by atoms with Gasteiger partial charge in [0.05, 0.1) is 6.54 Å². The van der Waals surface area contributed by atoms with Crippen LogP contribution in [0.25, 0.3) is 0 Å². The lowest BCUT2D eigenvalue weighted by Gasteiger charge is -2.39. The zero-order valence-electron chi connectivity index (χ0n) is 10.6. The Kier molecular flexibility index (Phi) is 2.13. The molecule has 2 N–H and O–H groups in total. The van der Waals surface area contributed by atoms with E-state index in [4.69, 9.17) is 0 Å². The van der Waals surface area contributed by atoms with Crippen LogP contribution in [-0.4, -0.2) is 21.7 Å². The molecule has 1 fully saturated rings. The molecule has 0 bridgehead atoms. The number of nitrogens with zero attached hydrogens (tertiary/aromatic N) is 2. The molecule has 98 valence electrons. The van der Waals surface area contributed by atoms with Crippen molar-refractivity contribution in [2.45, 2.75) is 31.2 Å². The van der Waals surface area contributed by atoms with Crippen molar-refractivity contribution in [2.24, 2.45) is 0 Å². The van der Waals surface area contributed by atoms with Crippen LogP contribution in [0.1, 0.15) is 30.7 Å². The van der Waals surface area contributed by atoms with Gasteiger partial charge in [0.1, 0.15) is 5.82 Å². The lowest BCUT2D eigenvalue weighted by molar-refractivity contribution is 0.262. The Bertz CT molecular complexity index is 668. The van der Waals surface area contributed by atoms with Crippen molar-refractivity contribution in [2.75, 3.05) is 11.4 Å². The van der Waals surface area contributed by atoms with Gasteiger partial charge in [-0.1, -0.05) is 24.6 Å². The van der Waals surface area contributed by atoms with Crippen molar-refractivity contribution in [3.8, 4) is 0 Å². The first kappa shape index (κ1) is 10.8. The minimum atomic E-state index is -0.235. The van der Waals surface area contributed by atoms with Gasteiger partial charge in [-0.05, 0) is 24.5 Å². The van der Waals surface area contributed by atoms with E-state index < -0.39 is 0 Å². The maximum Gasteiger partial charge on any atom is 0.340 e. The smallest absolute Gasteiger partial charge is 0.340 e. The van der Waals surface area contributed by atoms with Gasteiger partial charge in [0.2, 0.25) is 0 Å². The number of nitrogens with one attached hydrogen (secondary N) is 2. The van der Waals surface area contributed by atoms with Crippen molar-refractivity contribution in [3.63, 3.8) is 0 Å². The summed E-state index contributed by atoms with van der Waals surface area (Å²) < 4.78 is 0. The first-order valence-electron chi connectivity index (χ1n) is 6.75. The Morgan fingerprint density at radius 3 is 2.84 bits per heavy atom. The normalized spacial score (nSPS) is 19.5. The highest BCUT2D eigenvalue weighted by Crippen LogP contribution is 2.52. The van der Waals surface area contributed by atoms with Crippen molar-refractivity contribution in [1.82, 2.24) is 15.2 Å². The zero-order chi connectivity index (χ0) is 12.9. The third kappa shape index (κ3) is 1.54. The Balaban J connectivity index is 1.69. The molecule has 0 atom stereocenters. The molecule has 5 nitrogen and oxygen atoms in total. The van der Waals surface area contributed by atoms with E-state index in [2.05, 4.69) is 44.3 Å². The lowest BCUT2D eigenvalue weighted by Crippen LogP contribution is -2.39. The van der Waals surface area contributed by atoms with Crippen molar-refractivity contribution in [1.29, 1.82) is 0 Å². The summed E-state index contributed by atoms with van der Waals surface area (Å²) in [5.74, 6) is 0.705. The van der Waals surface area contributed by atoms with Gasteiger partial charge in [-0.3, -0.25) is 4.98 Å². The summed E-state index contributed by atoms with van der Waals surface area (Å²) in [5.41, 5.74) is 2.89. The fourth-order valence-corrected chi connectivity index (χ4v) is 3.47. The first-order valence-corrected chi connectivity index (χ1v) is 6.75. The molecule has 1 saturated carbocycles. The maximum absolute atomic E-state index is 11.1. The summed E-state index contributed by atoms with van der Waals surface area (Å²) in [4.78, 5) is 16.2. The SMILES string of the molecule is O=c1[nH]nc(CN2CC3(CCC3)c3ccccc32)[nH]1. The minimum Gasteiger partial charge on any atom is -0.363 e. The second kappa shape index (κ2) is 3.73. The molecule has 0 saturated heterocycles. The Hall–Kier alpha value is -2.04. The Morgan fingerprint density at radius 2 is 2.16 bits per heavy atom. The van der Waals surface area contributed by atoms with Gasteiger partial charge < -0.3 is 4.90 Å². The number of anilines is 1. The van der Waals surface area contributed by atoms with Gasteiger partial charge in [-0.15, -0.1) is 0 Å². The molecule has 4 rings (SSSR count). The fraction of sp³-hybridized carbons (Fsp3) is 0.429. The van der Waals surface area contributed by atoms with Gasteiger partial charge in [-0.2, -0.15) is 5.10 Å². The molecule has 19 heavy (non-hydrogen) atoms. The van der Waals surface area contributed by atoms with Gasteiger partial charge in [-0.25, -0.2) is 9.89 Å². The number of aromatic nitrogens is 3. The predicted octanol–water partition coefficient (Wildman–Crippen LogP) is 1.54. The second-order valence-electron chi connectivity index (χ2n) is 5.63. The summed E-state index contributed by atoms with van der Waals surface area (Å²) >= 11 is 0. The monoisotopic (exact) mass is 256 g/mol. The van der Waals surface area contributed by atoms with E-state index in [0.29, 0.717) is 17.8 Å². The van der Waals surface area contributed by atoms with Gasteiger partial charge in [0, 0.05) is 17.6 Å². The van der Waals surface area contributed by atoms with Crippen molar-refractivity contribution in [3.05, 3.63) is 46.1 Å². The number of hydrogen-bond donors (Lipinski definition) is 2. The van der Waals surface area contributed by atoms with Crippen LogP contribution in [0.4, 0.5) is 5.69 Å². The average Bonchev–Trinajstić information content (AvgIpc) is 2.92. The van der Waals surface area contributed by atoms with E-state index in [0.717, 1.165) is 6.54 Å². The summed E-state index contributed by atoms with van der Waals surface area (Å²) in [6.07, 6.45) is 3.87. The van der Waals surface area contributed by atoms with E-state index in [1.54, 1.807) is 0 Å². The third-order valence-electron chi connectivity index (χ3n) is 4.51. The van der Waals surface area contributed by atoms with Crippen LogP contribution in [0.2, 0.25) is 0 Å². The number of aromatic amines is 2. The number of H-pyrrole nitrogens is 2. The molecular weight excluding hydrogens is 240 g/mol. The summed E-state index contributed by atoms with van der Waals surface area (Å²) in [5, 5.41) is 6.44. The fourth-order valence-electron chi connectivity index (χ4n) is 3.47. The molecule has 1 aliphatic heterocycles. The highest BCUT2D eigenvalue weighted by Gasteiger charge is 2.46. The second-order valence-corrected chi connectivity index (χ2v) is 5.63. The van der Waals surface area contributed by atoms with E-state index in [1.165, 1.54) is 30.5 Å². The highest BCUT2D eigenvalue weighted by atomic mass is 16.1. The van der Waals surface area contributed by atoms with Crippen LogP contribution >= 0.6 is 0 Å². The molecule has 0 radical (unpaired) electrons. The third-order valence-corrected chi connectivity index (χ3v) is 4.51. The van der Waals surface area contributed by atoms with Crippen LogP contribution in [0, 0.1) is 0 Å². The minimum absolute atomic E-state index is 0.235. The molecular formula is C14H16N4O. The number of benzene rings is 1. The molecule has 1 spiro atoms. The molecule has 1 aromatic heterocycles. The van der Waals surface area contributed by atoms with E-state index in [9.17, 15) is 4.79 Å². The van der Waals surface area contributed by atoms with Crippen LogP contribution in [-0.2, 0) is 12.0 Å².